The van der Waals surface area contributed by atoms with Gasteiger partial charge in [0.15, 0.2) is 5.49 Å². The number of rotatable bonds is 8. The van der Waals surface area contributed by atoms with Crippen molar-refractivity contribution in [3.63, 3.8) is 0 Å². The lowest BCUT2D eigenvalue weighted by Gasteiger charge is -2.14. The van der Waals surface area contributed by atoms with Gasteiger partial charge in [-0.15, -0.1) is 0 Å². The third kappa shape index (κ3) is 5.49. The quantitative estimate of drug-likeness (QED) is 0.241. The van der Waals surface area contributed by atoms with E-state index in [9.17, 15) is 14.9 Å². The van der Waals surface area contributed by atoms with Crippen LogP contribution in [0, 0.1) is 18.3 Å². The number of pyridine rings is 2. The summed E-state index contributed by atoms with van der Waals surface area (Å²) in [5.41, 5.74) is 1.93. The van der Waals surface area contributed by atoms with Crippen LogP contribution >= 0.6 is 15.9 Å². The first-order chi connectivity index (χ1) is 16.4. The van der Waals surface area contributed by atoms with Crippen LogP contribution in [0.5, 0.6) is 0 Å². The highest BCUT2D eigenvalue weighted by Crippen LogP contribution is 2.15. The molecule has 0 unspecified atom stereocenters. The molecule has 0 aliphatic heterocycles. The molecule has 1 amide bonds. The molecule has 7 nitrogen and oxygen atoms in total. The van der Waals surface area contributed by atoms with E-state index in [2.05, 4.69) is 40.5 Å². The van der Waals surface area contributed by atoms with Crippen molar-refractivity contribution in [1.29, 1.82) is 5.26 Å². The fourth-order valence-corrected chi connectivity index (χ4v) is 4.01. The number of aromatic nitrogens is 3. The summed E-state index contributed by atoms with van der Waals surface area (Å²) in [5, 5.41) is 10.2. The molecular weight excluding hydrogens is 494 g/mol. The summed E-state index contributed by atoms with van der Waals surface area (Å²) >= 11 is 3.38. The lowest BCUT2D eigenvalue weighted by atomic mass is 10.2. The summed E-state index contributed by atoms with van der Waals surface area (Å²) in [6, 6.07) is 7.27. The second kappa shape index (κ2) is 11.5. The first-order valence-corrected chi connectivity index (χ1v) is 11.9. The number of hydrogen-bond acceptors (Lipinski definition) is 4. The minimum Gasteiger partial charge on any atom is -0.309 e. The Kier molecular flexibility index (Phi) is 8.50. The smallest absolute Gasteiger partial charge is 0.267 e. The third-order valence-corrected chi connectivity index (χ3v) is 5.83. The number of nitriles is 1. The Morgan fingerprint density at radius 3 is 2.82 bits per heavy atom. The Morgan fingerprint density at radius 2 is 2.12 bits per heavy atom. The van der Waals surface area contributed by atoms with Crippen LogP contribution < -0.4 is 11.0 Å². The number of amides is 1. The highest BCUT2D eigenvalue weighted by molar-refractivity contribution is 9.11. The topological polar surface area (TPSA) is 92.5 Å². The monoisotopic (exact) mass is 519 g/mol. The fourth-order valence-electron chi connectivity index (χ4n) is 3.62. The van der Waals surface area contributed by atoms with Gasteiger partial charge in [-0.1, -0.05) is 72.6 Å². The second-order valence-electron chi connectivity index (χ2n) is 7.81. The van der Waals surface area contributed by atoms with Crippen LogP contribution in [0.3, 0.4) is 0 Å². The van der Waals surface area contributed by atoms with Crippen molar-refractivity contribution >= 4 is 38.5 Å². The van der Waals surface area contributed by atoms with Crippen LogP contribution in [-0.4, -0.2) is 19.9 Å². The summed E-state index contributed by atoms with van der Waals surface area (Å²) < 4.78 is 3.87. The van der Waals surface area contributed by atoms with Gasteiger partial charge in [0.1, 0.15) is 17.4 Å². The predicted molar refractivity (Wildman–Crippen MR) is 137 cm³/mol. The maximum absolute atomic E-state index is 13.3. The fraction of sp³-hybridized carbons (Fsp3) is 0.269. The maximum atomic E-state index is 13.3. The normalized spacial score (nSPS) is 12.5. The molecule has 0 saturated heterocycles. The van der Waals surface area contributed by atoms with E-state index in [1.165, 1.54) is 10.5 Å². The number of nitrogens with zero attached hydrogens (tertiary/aromatic N) is 5. The SMILES string of the molecule is C=CC=CC=C(Br)CC(=O)N=c1c(C#N)cc2c(=O)n3cccc(C)c3nc2n1CCCCC. The zero-order valence-electron chi connectivity index (χ0n) is 19.3. The van der Waals surface area contributed by atoms with Gasteiger partial charge in [-0.05, 0) is 31.0 Å². The molecule has 0 atom stereocenters. The molecule has 3 aromatic heterocycles. The van der Waals surface area contributed by atoms with Crippen molar-refractivity contribution in [3.8, 4) is 6.07 Å². The molecule has 3 rings (SSSR count). The van der Waals surface area contributed by atoms with Crippen molar-refractivity contribution in [2.24, 2.45) is 4.99 Å². The van der Waals surface area contributed by atoms with Crippen LogP contribution in [0.2, 0.25) is 0 Å². The Bertz CT molecular complexity index is 1490. The molecule has 8 heteroatoms. The molecule has 0 aliphatic rings. The van der Waals surface area contributed by atoms with Crippen molar-refractivity contribution in [1.82, 2.24) is 14.0 Å². The largest absolute Gasteiger partial charge is 0.309 e. The summed E-state index contributed by atoms with van der Waals surface area (Å²) in [7, 11) is 0. The molecule has 3 aromatic rings. The van der Waals surface area contributed by atoms with E-state index in [0.717, 1.165) is 24.8 Å². The summed E-state index contributed by atoms with van der Waals surface area (Å²) in [6.07, 6.45) is 11.3. The van der Waals surface area contributed by atoms with Crippen molar-refractivity contribution in [2.75, 3.05) is 0 Å². The summed E-state index contributed by atoms with van der Waals surface area (Å²) in [4.78, 5) is 35.1. The Hall–Kier alpha value is -3.57. The van der Waals surface area contributed by atoms with Crippen molar-refractivity contribution in [3.05, 3.63) is 86.7 Å². The van der Waals surface area contributed by atoms with Gasteiger partial charge in [0, 0.05) is 17.2 Å². The molecule has 0 aliphatic carbocycles. The number of aryl methyl sites for hydroxylation is 2. The average molecular weight is 520 g/mol. The number of allylic oxidation sites excluding steroid dienone is 4. The molecule has 34 heavy (non-hydrogen) atoms. The van der Waals surface area contributed by atoms with Gasteiger partial charge in [0.25, 0.3) is 11.5 Å². The first kappa shape index (κ1) is 25.1. The van der Waals surface area contributed by atoms with Gasteiger partial charge in [0.05, 0.1) is 17.4 Å². The van der Waals surface area contributed by atoms with Gasteiger partial charge in [-0.3, -0.25) is 14.0 Å². The minimum atomic E-state index is -0.413. The average Bonchev–Trinajstić information content (AvgIpc) is 2.81. The van der Waals surface area contributed by atoms with E-state index in [0.29, 0.717) is 27.7 Å². The van der Waals surface area contributed by atoms with Crippen molar-refractivity contribution in [2.45, 2.75) is 46.1 Å². The number of carbonyl (C=O) groups excluding carboxylic acids is 1. The zero-order valence-corrected chi connectivity index (χ0v) is 20.9. The molecule has 3 heterocycles. The molecular formula is C26H26BrN5O2. The number of fused-ring (bicyclic) bond motifs is 2. The van der Waals surface area contributed by atoms with Gasteiger partial charge in [0.2, 0.25) is 0 Å². The van der Waals surface area contributed by atoms with Crippen molar-refractivity contribution < 1.29 is 4.79 Å². The molecule has 0 saturated carbocycles. The second-order valence-corrected chi connectivity index (χ2v) is 8.83. The highest BCUT2D eigenvalue weighted by Gasteiger charge is 2.16. The van der Waals surface area contributed by atoms with Crippen LogP contribution in [0.15, 0.2) is 69.5 Å². The standard InChI is InChI=1S/C26H26BrN5O2/c1-4-6-8-12-20(27)16-22(33)29-24-19(17-28)15-21-25(31(24)13-9-7-5-2)30-23-18(3)11-10-14-32(23)26(21)34/h4,6,8,10-12,14-15H,1,5,7,9,13,16H2,2-3H3. The molecule has 0 spiro atoms. The van der Waals surface area contributed by atoms with Gasteiger partial charge >= 0.3 is 0 Å². The number of hydrogen-bond donors (Lipinski definition) is 0. The Balaban J connectivity index is 2.29. The number of halogens is 1. The molecule has 0 N–H and O–H groups in total. The molecule has 0 bridgehead atoms. The highest BCUT2D eigenvalue weighted by atomic mass is 79.9. The molecule has 174 valence electrons. The van der Waals surface area contributed by atoms with Gasteiger partial charge in [-0.25, -0.2) is 4.98 Å². The van der Waals surface area contributed by atoms with E-state index in [4.69, 9.17) is 4.98 Å². The van der Waals surface area contributed by atoms with E-state index in [1.807, 2.05) is 13.0 Å². The maximum Gasteiger partial charge on any atom is 0.267 e. The predicted octanol–water partition coefficient (Wildman–Crippen LogP) is 4.86. The van der Waals surface area contributed by atoms with E-state index in [-0.39, 0.29) is 23.0 Å². The van der Waals surface area contributed by atoms with E-state index >= 15 is 0 Å². The zero-order chi connectivity index (χ0) is 24.7. The van der Waals surface area contributed by atoms with Crippen LogP contribution in [0.1, 0.15) is 43.7 Å². The number of carbonyl (C=O) groups is 1. The summed E-state index contributed by atoms with van der Waals surface area (Å²) in [6.45, 7) is 8.07. The van der Waals surface area contributed by atoms with Crippen LogP contribution in [0.4, 0.5) is 0 Å². The third-order valence-electron chi connectivity index (χ3n) is 5.29. The lowest BCUT2D eigenvalue weighted by Crippen LogP contribution is -2.29. The van der Waals surface area contributed by atoms with Crippen LogP contribution in [-0.2, 0) is 11.3 Å². The Morgan fingerprint density at radius 1 is 1.32 bits per heavy atom. The molecule has 0 aromatic carbocycles. The molecule has 0 fully saturated rings. The van der Waals surface area contributed by atoms with Gasteiger partial charge < -0.3 is 4.57 Å². The lowest BCUT2D eigenvalue weighted by molar-refractivity contribution is -0.117. The van der Waals surface area contributed by atoms with E-state index in [1.54, 1.807) is 41.1 Å². The Labute approximate surface area is 206 Å². The minimum absolute atomic E-state index is 0.0340. The van der Waals surface area contributed by atoms with Gasteiger partial charge in [-0.2, -0.15) is 10.3 Å². The number of unbranched alkanes of at least 4 members (excludes halogenated alkanes) is 2. The van der Waals surface area contributed by atoms with E-state index < -0.39 is 5.91 Å². The molecule has 0 radical (unpaired) electrons. The summed E-state index contributed by atoms with van der Waals surface area (Å²) in [5.74, 6) is -0.413. The first-order valence-electron chi connectivity index (χ1n) is 11.1. The van der Waals surface area contributed by atoms with Crippen LogP contribution in [0.25, 0.3) is 16.7 Å².